The fourth-order valence-corrected chi connectivity index (χ4v) is 4.64. The highest BCUT2D eigenvalue weighted by atomic mass is 16.5. The molecule has 1 N–H and O–H groups in total. The van der Waals surface area contributed by atoms with Gasteiger partial charge in [0.2, 0.25) is 5.91 Å². The second-order valence-corrected chi connectivity index (χ2v) is 8.13. The Balaban J connectivity index is 1.44. The van der Waals surface area contributed by atoms with E-state index in [0.717, 1.165) is 44.6 Å². The molecule has 2 atom stereocenters. The third kappa shape index (κ3) is 3.19. The Kier molecular flexibility index (Phi) is 4.38. The molecule has 0 spiro atoms. The SMILES string of the molecule is COc1cccc(N2CCN3c4ccccc4C[C@H](C(=O)NC4CC4)[C@@H]3C2)c1. The highest BCUT2D eigenvalue weighted by Gasteiger charge is 2.42. The molecule has 0 radical (unpaired) electrons. The van der Waals surface area contributed by atoms with Crippen LogP contribution in [0, 0.1) is 5.92 Å². The van der Waals surface area contributed by atoms with Gasteiger partial charge in [0.15, 0.2) is 0 Å². The lowest BCUT2D eigenvalue weighted by Gasteiger charge is -2.49. The van der Waals surface area contributed by atoms with Crippen molar-refractivity contribution < 1.29 is 9.53 Å². The highest BCUT2D eigenvalue weighted by molar-refractivity contribution is 5.83. The number of amides is 1. The number of methoxy groups -OCH3 is 1. The van der Waals surface area contributed by atoms with Crippen LogP contribution in [0.25, 0.3) is 0 Å². The zero-order valence-electron chi connectivity index (χ0n) is 16.3. The van der Waals surface area contributed by atoms with Gasteiger partial charge in [-0.15, -0.1) is 0 Å². The van der Waals surface area contributed by atoms with Gasteiger partial charge in [-0.1, -0.05) is 24.3 Å². The van der Waals surface area contributed by atoms with E-state index in [0.29, 0.717) is 6.04 Å². The molecule has 146 valence electrons. The van der Waals surface area contributed by atoms with E-state index in [1.54, 1.807) is 7.11 Å². The molecule has 5 rings (SSSR count). The maximum Gasteiger partial charge on any atom is 0.225 e. The van der Waals surface area contributed by atoms with Gasteiger partial charge < -0.3 is 19.9 Å². The number of anilines is 2. The molecule has 3 aliphatic rings. The summed E-state index contributed by atoms with van der Waals surface area (Å²) in [6.07, 6.45) is 3.07. The van der Waals surface area contributed by atoms with Crippen molar-refractivity contribution in [2.24, 2.45) is 5.92 Å². The third-order valence-corrected chi connectivity index (χ3v) is 6.30. The van der Waals surface area contributed by atoms with Crippen LogP contribution < -0.4 is 19.9 Å². The molecule has 2 aliphatic heterocycles. The third-order valence-electron chi connectivity index (χ3n) is 6.30. The lowest BCUT2D eigenvalue weighted by atomic mass is 9.83. The van der Waals surface area contributed by atoms with Crippen LogP contribution >= 0.6 is 0 Å². The summed E-state index contributed by atoms with van der Waals surface area (Å²) in [5.74, 6) is 1.08. The summed E-state index contributed by atoms with van der Waals surface area (Å²) < 4.78 is 5.41. The fraction of sp³-hybridized carbons (Fsp3) is 0.435. The molecule has 1 saturated carbocycles. The van der Waals surface area contributed by atoms with Crippen LogP contribution in [0.1, 0.15) is 18.4 Å². The van der Waals surface area contributed by atoms with Crippen molar-refractivity contribution in [1.82, 2.24) is 5.32 Å². The van der Waals surface area contributed by atoms with Crippen molar-refractivity contribution in [3.05, 3.63) is 54.1 Å². The first-order valence-electron chi connectivity index (χ1n) is 10.3. The Morgan fingerprint density at radius 2 is 1.96 bits per heavy atom. The molecule has 1 amide bonds. The van der Waals surface area contributed by atoms with Crippen molar-refractivity contribution in [2.75, 3.05) is 36.5 Å². The summed E-state index contributed by atoms with van der Waals surface area (Å²) in [6, 6.07) is 17.4. The summed E-state index contributed by atoms with van der Waals surface area (Å²) in [6.45, 7) is 2.71. The molecule has 5 nitrogen and oxygen atoms in total. The van der Waals surface area contributed by atoms with Crippen LogP contribution in [0.5, 0.6) is 5.75 Å². The van der Waals surface area contributed by atoms with Gasteiger partial charge in [0.25, 0.3) is 0 Å². The number of rotatable bonds is 4. The van der Waals surface area contributed by atoms with Crippen molar-refractivity contribution in [3.63, 3.8) is 0 Å². The number of hydrogen-bond acceptors (Lipinski definition) is 4. The molecule has 28 heavy (non-hydrogen) atoms. The quantitative estimate of drug-likeness (QED) is 0.890. The molecule has 0 unspecified atom stereocenters. The molecule has 0 aromatic heterocycles. The average molecular weight is 377 g/mol. The van der Waals surface area contributed by atoms with Gasteiger partial charge in [-0.25, -0.2) is 0 Å². The first-order chi connectivity index (χ1) is 13.7. The van der Waals surface area contributed by atoms with E-state index in [9.17, 15) is 4.79 Å². The number of nitrogens with one attached hydrogen (secondary N) is 1. The van der Waals surface area contributed by atoms with E-state index < -0.39 is 0 Å². The van der Waals surface area contributed by atoms with Crippen LogP contribution in [0.3, 0.4) is 0 Å². The minimum Gasteiger partial charge on any atom is -0.497 e. The molecular weight excluding hydrogens is 350 g/mol. The predicted octanol–water partition coefficient (Wildman–Crippen LogP) is 2.84. The van der Waals surface area contributed by atoms with Crippen molar-refractivity contribution in [3.8, 4) is 5.75 Å². The normalized spacial score (nSPS) is 23.6. The second kappa shape index (κ2) is 7.04. The maximum atomic E-state index is 13.1. The lowest BCUT2D eigenvalue weighted by molar-refractivity contribution is -0.126. The van der Waals surface area contributed by atoms with Crippen LogP contribution in [-0.2, 0) is 11.2 Å². The largest absolute Gasteiger partial charge is 0.497 e. The Labute approximate surface area is 166 Å². The van der Waals surface area contributed by atoms with Crippen molar-refractivity contribution in [1.29, 1.82) is 0 Å². The number of benzene rings is 2. The molecule has 0 bridgehead atoms. The molecular formula is C23H27N3O2. The number of para-hydroxylation sites is 1. The van der Waals surface area contributed by atoms with E-state index in [-0.39, 0.29) is 17.9 Å². The molecule has 5 heteroatoms. The standard InChI is InChI=1S/C23H27N3O2/c1-28-19-7-4-6-18(14-19)25-11-12-26-21-8-3-2-5-16(21)13-20(22(26)15-25)23(27)24-17-9-10-17/h2-8,14,17,20,22H,9-13,15H2,1H3,(H,24,27)/t20-,22-/m0/s1. The summed E-state index contributed by atoms with van der Waals surface area (Å²) in [4.78, 5) is 17.9. The van der Waals surface area contributed by atoms with E-state index >= 15 is 0 Å². The fourth-order valence-electron chi connectivity index (χ4n) is 4.64. The minimum atomic E-state index is -0.0103. The molecule has 1 saturated heterocycles. The van der Waals surface area contributed by atoms with Crippen LogP contribution in [0.2, 0.25) is 0 Å². The monoisotopic (exact) mass is 377 g/mol. The number of carbonyl (C=O) groups excluding carboxylic acids is 1. The zero-order chi connectivity index (χ0) is 19.1. The summed E-state index contributed by atoms with van der Waals surface area (Å²) in [5.41, 5.74) is 3.76. The molecule has 1 aliphatic carbocycles. The van der Waals surface area contributed by atoms with E-state index in [2.05, 4.69) is 51.5 Å². The number of carbonyl (C=O) groups is 1. The Morgan fingerprint density at radius 1 is 1.11 bits per heavy atom. The van der Waals surface area contributed by atoms with Crippen molar-refractivity contribution >= 4 is 17.3 Å². The first kappa shape index (κ1) is 17.4. The number of hydrogen-bond donors (Lipinski definition) is 1. The van der Waals surface area contributed by atoms with Gasteiger partial charge in [-0.05, 0) is 43.0 Å². The molecule has 2 aromatic carbocycles. The van der Waals surface area contributed by atoms with E-state index in [1.165, 1.54) is 16.9 Å². The zero-order valence-corrected chi connectivity index (χ0v) is 16.3. The maximum absolute atomic E-state index is 13.1. The highest BCUT2D eigenvalue weighted by Crippen LogP contribution is 2.37. The summed E-state index contributed by atoms with van der Waals surface area (Å²) in [7, 11) is 1.70. The Morgan fingerprint density at radius 3 is 2.79 bits per heavy atom. The molecule has 2 fully saturated rings. The summed E-state index contributed by atoms with van der Waals surface area (Å²) in [5, 5.41) is 3.26. The van der Waals surface area contributed by atoms with Crippen LogP contribution in [0.4, 0.5) is 11.4 Å². The molecule has 2 heterocycles. The predicted molar refractivity (Wildman–Crippen MR) is 111 cm³/mol. The average Bonchev–Trinajstić information content (AvgIpc) is 3.56. The van der Waals surface area contributed by atoms with Gasteiger partial charge in [0, 0.05) is 43.1 Å². The smallest absolute Gasteiger partial charge is 0.225 e. The van der Waals surface area contributed by atoms with Crippen LogP contribution in [0.15, 0.2) is 48.5 Å². The molecule has 2 aromatic rings. The van der Waals surface area contributed by atoms with Crippen molar-refractivity contribution in [2.45, 2.75) is 31.3 Å². The first-order valence-corrected chi connectivity index (χ1v) is 10.3. The van der Waals surface area contributed by atoms with Gasteiger partial charge in [-0.3, -0.25) is 4.79 Å². The van der Waals surface area contributed by atoms with Gasteiger partial charge in [-0.2, -0.15) is 0 Å². The van der Waals surface area contributed by atoms with Gasteiger partial charge in [0.1, 0.15) is 5.75 Å². The number of fused-ring (bicyclic) bond motifs is 3. The van der Waals surface area contributed by atoms with E-state index in [1.807, 2.05) is 12.1 Å². The van der Waals surface area contributed by atoms with E-state index in [4.69, 9.17) is 4.74 Å². The lowest BCUT2D eigenvalue weighted by Crippen LogP contribution is -2.61. The van der Waals surface area contributed by atoms with Gasteiger partial charge >= 0.3 is 0 Å². The number of piperazine rings is 1. The number of nitrogens with zero attached hydrogens (tertiary/aromatic N) is 2. The Bertz CT molecular complexity index is 880. The minimum absolute atomic E-state index is 0.0103. The number of ether oxygens (including phenoxy) is 1. The second-order valence-electron chi connectivity index (χ2n) is 8.13. The summed E-state index contributed by atoms with van der Waals surface area (Å²) >= 11 is 0. The van der Waals surface area contributed by atoms with Gasteiger partial charge in [0.05, 0.1) is 19.1 Å². The topological polar surface area (TPSA) is 44.8 Å². The van der Waals surface area contributed by atoms with Crippen LogP contribution in [-0.4, -0.2) is 44.7 Å². The Hall–Kier alpha value is -2.69.